The van der Waals surface area contributed by atoms with Gasteiger partial charge in [0.15, 0.2) is 0 Å². The molecule has 0 aliphatic heterocycles. The van der Waals surface area contributed by atoms with Crippen LogP contribution >= 0.6 is 22.9 Å². The Labute approximate surface area is 132 Å². The van der Waals surface area contributed by atoms with Crippen molar-refractivity contribution >= 4 is 34.0 Å². The number of rotatable bonds is 7. The largest absolute Gasteiger partial charge is 0.360 e. The third-order valence-corrected chi connectivity index (χ3v) is 3.89. The molecule has 2 rings (SSSR count). The van der Waals surface area contributed by atoms with Gasteiger partial charge in [0.25, 0.3) is 5.91 Å². The molecule has 0 aliphatic carbocycles. The number of hydrogen-bond acceptors (Lipinski definition) is 5. The highest BCUT2D eigenvalue weighted by Gasteiger charge is 2.11. The number of amides is 1. The zero-order valence-electron chi connectivity index (χ0n) is 11.7. The van der Waals surface area contributed by atoms with Crippen molar-refractivity contribution in [1.29, 1.82) is 0 Å². The number of anilines is 1. The van der Waals surface area contributed by atoms with Crippen molar-refractivity contribution in [2.75, 3.05) is 18.4 Å². The molecule has 0 spiro atoms. The first-order valence-electron chi connectivity index (χ1n) is 6.79. The lowest BCUT2D eigenvalue weighted by atomic mass is 10.1. The average molecular weight is 325 g/mol. The number of hydrogen-bond donors (Lipinski definition) is 2. The SMILES string of the molecule is CCCNc1nnc(C(=O)NCCc2ccc(Cl)cc2)s1. The lowest BCUT2D eigenvalue weighted by Crippen LogP contribution is -2.25. The van der Waals surface area contributed by atoms with E-state index in [9.17, 15) is 4.79 Å². The van der Waals surface area contributed by atoms with Gasteiger partial charge in [0.1, 0.15) is 0 Å². The Morgan fingerprint density at radius 2 is 2.00 bits per heavy atom. The average Bonchev–Trinajstić information content (AvgIpc) is 2.96. The van der Waals surface area contributed by atoms with Crippen LogP contribution in [0.4, 0.5) is 5.13 Å². The van der Waals surface area contributed by atoms with E-state index in [0.29, 0.717) is 21.7 Å². The minimum Gasteiger partial charge on any atom is -0.360 e. The van der Waals surface area contributed by atoms with Gasteiger partial charge in [-0.3, -0.25) is 4.79 Å². The maximum atomic E-state index is 11.9. The molecule has 1 amide bonds. The number of benzene rings is 1. The van der Waals surface area contributed by atoms with Gasteiger partial charge in [-0.05, 0) is 30.5 Å². The van der Waals surface area contributed by atoms with Crippen molar-refractivity contribution in [2.24, 2.45) is 0 Å². The van der Waals surface area contributed by atoms with Crippen LogP contribution in [0.25, 0.3) is 0 Å². The van der Waals surface area contributed by atoms with E-state index in [-0.39, 0.29) is 5.91 Å². The van der Waals surface area contributed by atoms with E-state index in [0.717, 1.165) is 24.9 Å². The molecule has 0 saturated carbocycles. The van der Waals surface area contributed by atoms with Gasteiger partial charge < -0.3 is 10.6 Å². The van der Waals surface area contributed by atoms with E-state index in [1.54, 1.807) is 0 Å². The number of nitrogens with zero attached hydrogens (tertiary/aromatic N) is 2. The summed E-state index contributed by atoms with van der Waals surface area (Å²) in [6.45, 7) is 3.45. The molecule has 1 heterocycles. The molecule has 2 aromatic rings. The quantitative estimate of drug-likeness (QED) is 0.821. The second-order valence-corrected chi connectivity index (χ2v) is 5.89. The third-order valence-electron chi connectivity index (χ3n) is 2.76. The van der Waals surface area contributed by atoms with Gasteiger partial charge in [-0.1, -0.05) is 42.0 Å². The van der Waals surface area contributed by atoms with Gasteiger partial charge in [0.05, 0.1) is 0 Å². The van der Waals surface area contributed by atoms with Gasteiger partial charge in [-0.15, -0.1) is 10.2 Å². The number of carbonyl (C=O) groups is 1. The minimum absolute atomic E-state index is 0.189. The van der Waals surface area contributed by atoms with E-state index in [1.807, 2.05) is 24.3 Å². The molecule has 1 aromatic carbocycles. The zero-order valence-corrected chi connectivity index (χ0v) is 13.3. The van der Waals surface area contributed by atoms with Crippen LogP contribution in [0.2, 0.25) is 5.02 Å². The van der Waals surface area contributed by atoms with Crippen molar-refractivity contribution in [3.8, 4) is 0 Å². The van der Waals surface area contributed by atoms with Crippen LogP contribution in [0.1, 0.15) is 28.7 Å². The second kappa shape index (κ2) is 7.95. The lowest BCUT2D eigenvalue weighted by Gasteiger charge is -2.03. The Morgan fingerprint density at radius 3 is 2.71 bits per heavy atom. The van der Waals surface area contributed by atoms with Gasteiger partial charge in [0.2, 0.25) is 10.1 Å². The van der Waals surface area contributed by atoms with Crippen molar-refractivity contribution in [3.05, 3.63) is 39.9 Å². The summed E-state index contributed by atoms with van der Waals surface area (Å²) in [4.78, 5) is 11.9. The normalized spacial score (nSPS) is 10.4. The molecule has 112 valence electrons. The monoisotopic (exact) mass is 324 g/mol. The van der Waals surface area contributed by atoms with Crippen LogP contribution in [0.5, 0.6) is 0 Å². The molecule has 0 aliphatic rings. The van der Waals surface area contributed by atoms with Crippen molar-refractivity contribution < 1.29 is 4.79 Å². The van der Waals surface area contributed by atoms with Gasteiger partial charge in [-0.2, -0.15) is 0 Å². The lowest BCUT2D eigenvalue weighted by molar-refractivity contribution is 0.0953. The molecule has 0 bridgehead atoms. The van der Waals surface area contributed by atoms with E-state index < -0.39 is 0 Å². The fraction of sp³-hybridized carbons (Fsp3) is 0.357. The Balaban J connectivity index is 1.78. The predicted molar refractivity (Wildman–Crippen MR) is 86.2 cm³/mol. The number of carbonyl (C=O) groups excluding carboxylic acids is 1. The Hall–Kier alpha value is -1.66. The smallest absolute Gasteiger partial charge is 0.282 e. The van der Waals surface area contributed by atoms with Crippen LogP contribution in [0, 0.1) is 0 Å². The summed E-state index contributed by atoms with van der Waals surface area (Å²) in [6.07, 6.45) is 1.75. The minimum atomic E-state index is -0.189. The maximum absolute atomic E-state index is 11.9. The standard InChI is InChI=1S/C14H17ClN4OS/c1-2-8-17-14-19-18-13(21-14)12(20)16-9-7-10-3-5-11(15)6-4-10/h3-6H,2,7-9H2,1H3,(H,16,20)(H,17,19). The molecule has 0 radical (unpaired) electrons. The number of aromatic nitrogens is 2. The maximum Gasteiger partial charge on any atom is 0.282 e. The molecule has 1 aromatic heterocycles. The Morgan fingerprint density at radius 1 is 1.24 bits per heavy atom. The molecule has 0 atom stereocenters. The zero-order chi connectivity index (χ0) is 15.1. The van der Waals surface area contributed by atoms with E-state index in [1.165, 1.54) is 11.3 Å². The topological polar surface area (TPSA) is 66.9 Å². The molecule has 0 unspecified atom stereocenters. The van der Waals surface area contributed by atoms with Gasteiger partial charge in [0, 0.05) is 18.1 Å². The Bertz CT molecular complexity index is 585. The van der Waals surface area contributed by atoms with Gasteiger partial charge in [-0.25, -0.2) is 0 Å². The van der Waals surface area contributed by atoms with E-state index in [4.69, 9.17) is 11.6 Å². The summed E-state index contributed by atoms with van der Waals surface area (Å²) in [7, 11) is 0. The van der Waals surface area contributed by atoms with Gasteiger partial charge >= 0.3 is 0 Å². The van der Waals surface area contributed by atoms with E-state index in [2.05, 4.69) is 27.8 Å². The molecule has 5 nitrogen and oxygen atoms in total. The summed E-state index contributed by atoms with van der Waals surface area (Å²) in [6, 6.07) is 7.59. The van der Waals surface area contributed by atoms with E-state index >= 15 is 0 Å². The first-order valence-corrected chi connectivity index (χ1v) is 7.98. The van der Waals surface area contributed by atoms with Crippen molar-refractivity contribution in [1.82, 2.24) is 15.5 Å². The van der Waals surface area contributed by atoms with Crippen molar-refractivity contribution in [2.45, 2.75) is 19.8 Å². The summed E-state index contributed by atoms with van der Waals surface area (Å²) >= 11 is 7.09. The summed E-state index contributed by atoms with van der Waals surface area (Å²) in [5, 5.41) is 15.5. The molecule has 0 fully saturated rings. The highest BCUT2D eigenvalue weighted by molar-refractivity contribution is 7.17. The molecule has 21 heavy (non-hydrogen) atoms. The first kappa shape index (κ1) is 15.7. The Kier molecular flexibility index (Phi) is 5.95. The molecular formula is C14H17ClN4OS. The van der Waals surface area contributed by atoms with Crippen molar-refractivity contribution in [3.63, 3.8) is 0 Å². The predicted octanol–water partition coefficient (Wildman–Crippen LogP) is 2.99. The summed E-state index contributed by atoms with van der Waals surface area (Å²) < 4.78 is 0. The number of nitrogens with one attached hydrogen (secondary N) is 2. The van der Waals surface area contributed by atoms with Crippen LogP contribution < -0.4 is 10.6 Å². The fourth-order valence-corrected chi connectivity index (χ4v) is 2.48. The van der Waals surface area contributed by atoms with Crippen LogP contribution in [-0.4, -0.2) is 29.2 Å². The van der Waals surface area contributed by atoms with Crippen LogP contribution in [-0.2, 0) is 6.42 Å². The first-order chi connectivity index (χ1) is 10.2. The third kappa shape index (κ3) is 4.99. The molecule has 7 heteroatoms. The highest BCUT2D eigenvalue weighted by atomic mass is 35.5. The molecule has 0 saturated heterocycles. The second-order valence-electron chi connectivity index (χ2n) is 4.47. The molecular weight excluding hydrogens is 308 g/mol. The summed E-state index contributed by atoms with van der Waals surface area (Å²) in [5.41, 5.74) is 1.13. The highest BCUT2D eigenvalue weighted by Crippen LogP contribution is 2.15. The number of halogens is 1. The summed E-state index contributed by atoms with van der Waals surface area (Å²) in [5.74, 6) is -0.189. The molecule has 2 N–H and O–H groups in total. The fourth-order valence-electron chi connectivity index (χ4n) is 1.67. The van der Waals surface area contributed by atoms with Crippen LogP contribution in [0.15, 0.2) is 24.3 Å². The van der Waals surface area contributed by atoms with Crippen LogP contribution in [0.3, 0.4) is 0 Å².